The van der Waals surface area contributed by atoms with E-state index < -0.39 is 8.32 Å². The monoisotopic (exact) mass is 376 g/mol. The van der Waals surface area contributed by atoms with Gasteiger partial charge in [-0.2, -0.15) is 0 Å². The maximum Gasteiger partial charge on any atom is 0.330 e. The van der Waals surface area contributed by atoms with E-state index in [1.54, 1.807) is 6.08 Å². The van der Waals surface area contributed by atoms with E-state index in [-0.39, 0.29) is 27.9 Å². The molecule has 2 atom stereocenters. The van der Waals surface area contributed by atoms with Gasteiger partial charge in [0, 0.05) is 17.4 Å². The van der Waals surface area contributed by atoms with Crippen LogP contribution in [0.15, 0.2) is 36.0 Å². The lowest BCUT2D eigenvalue weighted by Crippen LogP contribution is -2.45. The number of carbonyl (C=O) groups is 1. The third kappa shape index (κ3) is 3.63. The number of ether oxygens (including phenoxy) is 1. The molecule has 146 valence electrons. The van der Waals surface area contributed by atoms with Gasteiger partial charge in [0.25, 0.3) is 0 Å². The van der Waals surface area contributed by atoms with Crippen molar-refractivity contribution in [1.29, 1.82) is 0 Å². The molecule has 3 nitrogen and oxygen atoms in total. The van der Waals surface area contributed by atoms with Gasteiger partial charge < -0.3 is 9.16 Å². The zero-order chi connectivity index (χ0) is 20.0. The van der Waals surface area contributed by atoms with Crippen molar-refractivity contribution in [2.24, 2.45) is 16.7 Å². The Morgan fingerprint density at radius 2 is 1.77 bits per heavy atom. The second-order valence-electron chi connectivity index (χ2n) is 9.99. The molecule has 0 bridgehead atoms. The summed E-state index contributed by atoms with van der Waals surface area (Å²) < 4.78 is 11.7. The second kappa shape index (κ2) is 6.79. The van der Waals surface area contributed by atoms with Crippen LogP contribution >= 0.6 is 0 Å². The van der Waals surface area contributed by atoms with E-state index >= 15 is 0 Å². The fourth-order valence-electron chi connectivity index (χ4n) is 4.19. The number of hydrogen-bond donors (Lipinski definition) is 0. The molecule has 2 aliphatic rings. The summed E-state index contributed by atoms with van der Waals surface area (Å²) in [6.07, 6.45) is 11.4. The number of methoxy groups -OCH3 is 1. The molecule has 1 saturated carbocycles. The zero-order valence-corrected chi connectivity index (χ0v) is 19.0. The van der Waals surface area contributed by atoms with E-state index in [4.69, 9.17) is 9.16 Å². The maximum absolute atomic E-state index is 11.7. The lowest BCUT2D eigenvalue weighted by atomic mass is 9.98. The Hall–Kier alpha value is -1.13. The Morgan fingerprint density at radius 1 is 1.23 bits per heavy atom. The first-order valence-electron chi connectivity index (χ1n) is 9.58. The lowest BCUT2D eigenvalue weighted by Gasteiger charge is -2.40. The zero-order valence-electron chi connectivity index (χ0n) is 18.0. The third-order valence-electron chi connectivity index (χ3n) is 6.89. The van der Waals surface area contributed by atoms with Crippen molar-refractivity contribution in [3.8, 4) is 0 Å². The highest BCUT2D eigenvalue weighted by molar-refractivity contribution is 6.74. The molecule has 0 radical (unpaired) electrons. The summed E-state index contributed by atoms with van der Waals surface area (Å²) in [4.78, 5) is 11.7. The van der Waals surface area contributed by atoms with Gasteiger partial charge in [0.15, 0.2) is 8.32 Å². The predicted octanol–water partition coefficient (Wildman–Crippen LogP) is 5.65. The van der Waals surface area contributed by atoms with E-state index in [0.717, 1.165) is 12.0 Å². The number of allylic oxidation sites excluding steroid dienone is 4. The molecule has 0 amide bonds. The Morgan fingerprint density at radius 3 is 2.23 bits per heavy atom. The summed E-state index contributed by atoms with van der Waals surface area (Å²) in [5.74, 6) is 0.124. The number of esters is 1. The van der Waals surface area contributed by atoms with Gasteiger partial charge in [-0.15, -0.1) is 0 Å². The van der Waals surface area contributed by atoms with Gasteiger partial charge in [-0.25, -0.2) is 4.79 Å². The van der Waals surface area contributed by atoms with E-state index in [2.05, 4.69) is 72.0 Å². The van der Waals surface area contributed by atoms with Crippen molar-refractivity contribution < 1.29 is 14.0 Å². The first kappa shape index (κ1) is 21.2. The summed E-state index contributed by atoms with van der Waals surface area (Å²) in [7, 11) is -0.508. The largest absolute Gasteiger partial charge is 0.466 e. The molecule has 1 fully saturated rings. The molecule has 0 aromatic carbocycles. The van der Waals surface area contributed by atoms with E-state index in [9.17, 15) is 4.79 Å². The molecular weight excluding hydrogens is 340 g/mol. The van der Waals surface area contributed by atoms with Crippen LogP contribution in [0.1, 0.15) is 48.0 Å². The van der Waals surface area contributed by atoms with Gasteiger partial charge in [-0.3, -0.25) is 0 Å². The molecule has 4 heteroatoms. The van der Waals surface area contributed by atoms with Crippen LogP contribution in [0.3, 0.4) is 0 Å². The highest BCUT2D eigenvalue weighted by Gasteiger charge is 2.71. The Labute approximate surface area is 160 Å². The summed E-state index contributed by atoms with van der Waals surface area (Å²) in [6, 6.07) is 0. The maximum atomic E-state index is 11.7. The SMILES string of the molecule is COC(=O)/C=C(\C)C[C@@H](O[Si](C)(C)C(C)(C)C)C1C(C)(C)C12C=CC=C2. The van der Waals surface area contributed by atoms with Crippen LogP contribution in [0.4, 0.5) is 0 Å². The Kier molecular flexibility index (Phi) is 5.53. The van der Waals surface area contributed by atoms with E-state index in [1.165, 1.54) is 7.11 Å². The summed E-state index contributed by atoms with van der Waals surface area (Å²) >= 11 is 0. The minimum Gasteiger partial charge on any atom is -0.466 e. The van der Waals surface area contributed by atoms with E-state index in [0.29, 0.717) is 5.92 Å². The second-order valence-corrected chi connectivity index (χ2v) is 14.7. The minimum absolute atomic E-state index is 0.0889. The molecule has 0 N–H and O–H groups in total. The first-order valence-corrected chi connectivity index (χ1v) is 12.5. The van der Waals surface area contributed by atoms with Crippen LogP contribution < -0.4 is 0 Å². The fourth-order valence-corrected chi connectivity index (χ4v) is 5.52. The van der Waals surface area contributed by atoms with Crippen LogP contribution in [0.5, 0.6) is 0 Å². The average Bonchev–Trinajstić information content (AvgIpc) is 2.82. The number of hydrogen-bond acceptors (Lipinski definition) is 3. The highest BCUT2D eigenvalue weighted by atomic mass is 28.4. The molecule has 26 heavy (non-hydrogen) atoms. The van der Waals surface area contributed by atoms with Crippen molar-refractivity contribution in [1.82, 2.24) is 0 Å². The third-order valence-corrected chi connectivity index (χ3v) is 11.4. The van der Waals surface area contributed by atoms with Crippen LogP contribution in [0.2, 0.25) is 18.1 Å². The van der Waals surface area contributed by atoms with Gasteiger partial charge >= 0.3 is 5.97 Å². The standard InChI is InChI=1S/C22H36O3Si/c1-16(15-18(23)24-7)14-17(25-26(8,9)20(2,3)4)19-21(5,6)22(19)12-10-11-13-22/h10-13,15,17,19H,14H2,1-9H3/b16-15+/t17-,19?/m1/s1. The van der Waals surface area contributed by atoms with Crippen molar-refractivity contribution in [2.45, 2.75) is 72.2 Å². The minimum atomic E-state index is -1.93. The molecule has 1 unspecified atom stereocenters. The van der Waals surface area contributed by atoms with Crippen molar-refractivity contribution in [3.05, 3.63) is 36.0 Å². The molecule has 1 spiro atoms. The van der Waals surface area contributed by atoms with Crippen molar-refractivity contribution in [3.63, 3.8) is 0 Å². The van der Waals surface area contributed by atoms with Crippen LogP contribution in [0.25, 0.3) is 0 Å². The summed E-state index contributed by atoms with van der Waals surface area (Å²) in [5.41, 5.74) is 1.27. The average molecular weight is 377 g/mol. The molecule has 0 aromatic rings. The lowest BCUT2D eigenvalue weighted by molar-refractivity contribution is -0.134. The quantitative estimate of drug-likeness (QED) is 0.341. The number of rotatable bonds is 6. The van der Waals surface area contributed by atoms with Gasteiger partial charge in [0.2, 0.25) is 0 Å². The van der Waals surface area contributed by atoms with Gasteiger partial charge in [0.05, 0.1) is 13.2 Å². The topological polar surface area (TPSA) is 35.5 Å². The molecular formula is C22H36O3Si. The Bertz CT molecular complexity index is 635. The summed E-state index contributed by atoms with van der Waals surface area (Å²) in [6.45, 7) is 18.1. The summed E-state index contributed by atoms with van der Waals surface area (Å²) in [5, 5.41) is 0.152. The smallest absolute Gasteiger partial charge is 0.330 e. The van der Waals surface area contributed by atoms with Crippen LogP contribution in [-0.4, -0.2) is 27.5 Å². The molecule has 0 saturated heterocycles. The van der Waals surface area contributed by atoms with Crippen molar-refractivity contribution in [2.75, 3.05) is 7.11 Å². The predicted molar refractivity (Wildman–Crippen MR) is 110 cm³/mol. The fraction of sp³-hybridized carbons (Fsp3) is 0.682. The first-order chi connectivity index (χ1) is 11.8. The van der Waals surface area contributed by atoms with Gasteiger partial charge in [-0.05, 0) is 36.9 Å². The van der Waals surface area contributed by atoms with Crippen LogP contribution in [0, 0.1) is 16.7 Å². The molecule has 0 heterocycles. The highest BCUT2D eigenvalue weighted by Crippen LogP contribution is 2.74. The number of carbonyl (C=O) groups excluding carboxylic acids is 1. The van der Waals surface area contributed by atoms with Crippen molar-refractivity contribution >= 4 is 14.3 Å². The normalized spacial score (nSPS) is 24.8. The van der Waals surface area contributed by atoms with E-state index in [1.807, 2.05) is 6.92 Å². The Balaban J connectivity index is 2.32. The molecule has 2 aliphatic carbocycles. The van der Waals surface area contributed by atoms with Gasteiger partial charge in [0.1, 0.15) is 0 Å². The molecule has 0 aromatic heterocycles. The molecule has 2 rings (SSSR count). The van der Waals surface area contributed by atoms with Crippen LogP contribution in [-0.2, 0) is 14.0 Å². The molecule has 0 aliphatic heterocycles. The van der Waals surface area contributed by atoms with Gasteiger partial charge in [-0.1, -0.05) is 64.5 Å².